The summed E-state index contributed by atoms with van der Waals surface area (Å²) >= 11 is 6.59. The van der Waals surface area contributed by atoms with Crippen LogP contribution in [0.3, 0.4) is 0 Å². The SMILES string of the molecule is Cc1ccccc1C(=O)CN1C(=O)C(=Cc2ccc(C(C)C)cc2)SC1=S. The van der Waals surface area contributed by atoms with Crippen LogP contribution in [0.2, 0.25) is 0 Å². The molecule has 0 bridgehead atoms. The predicted octanol–water partition coefficient (Wildman–Crippen LogP) is 5.20. The van der Waals surface area contributed by atoms with Gasteiger partial charge >= 0.3 is 0 Å². The number of ketones is 1. The summed E-state index contributed by atoms with van der Waals surface area (Å²) in [5, 5.41) is 0. The maximum absolute atomic E-state index is 12.7. The van der Waals surface area contributed by atoms with Gasteiger partial charge in [-0.3, -0.25) is 14.5 Å². The number of carbonyl (C=O) groups is 2. The number of rotatable bonds is 5. The average molecular weight is 396 g/mol. The minimum atomic E-state index is -0.208. The van der Waals surface area contributed by atoms with E-state index in [-0.39, 0.29) is 18.2 Å². The van der Waals surface area contributed by atoms with E-state index in [2.05, 4.69) is 26.0 Å². The molecule has 1 amide bonds. The van der Waals surface area contributed by atoms with Crippen LogP contribution in [0.25, 0.3) is 6.08 Å². The van der Waals surface area contributed by atoms with Crippen molar-refractivity contribution in [1.82, 2.24) is 4.90 Å². The van der Waals surface area contributed by atoms with E-state index in [1.807, 2.05) is 43.3 Å². The lowest BCUT2D eigenvalue weighted by molar-refractivity contribution is -0.121. The van der Waals surface area contributed by atoms with Crippen LogP contribution in [-0.4, -0.2) is 27.5 Å². The molecule has 0 aromatic heterocycles. The highest BCUT2D eigenvalue weighted by molar-refractivity contribution is 8.26. The molecular formula is C22H21NO2S2. The number of hydrogen-bond acceptors (Lipinski definition) is 4. The summed E-state index contributed by atoms with van der Waals surface area (Å²) in [4.78, 5) is 27.3. The summed E-state index contributed by atoms with van der Waals surface area (Å²) in [6.45, 7) is 6.15. The van der Waals surface area contributed by atoms with Gasteiger partial charge in [0.2, 0.25) is 0 Å². The first-order chi connectivity index (χ1) is 12.9. The van der Waals surface area contributed by atoms with E-state index in [0.29, 0.717) is 20.7 Å². The Balaban J connectivity index is 1.76. The fourth-order valence-electron chi connectivity index (χ4n) is 2.88. The number of thiocarbonyl (C=S) groups is 1. The van der Waals surface area contributed by atoms with E-state index in [4.69, 9.17) is 12.2 Å². The third kappa shape index (κ3) is 4.37. The first-order valence-electron chi connectivity index (χ1n) is 8.81. The minimum absolute atomic E-state index is 0.0286. The molecule has 1 heterocycles. The van der Waals surface area contributed by atoms with Gasteiger partial charge in [0, 0.05) is 5.56 Å². The number of carbonyl (C=O) groups excluding carboxylic acids is 2. The topological polar surface area (TPSA) is 37.4 Å². The molecule has 0 aliphatic carbocycles. The van der Waals surface area contributed by atoms with Crippen molar-refractivity contribution >= 4 is 46.1 Å². The van der Waals surface area contributed by atoms with Crippen LogP contribution in [-0.2, 0) is 4.79 Å². The summed E-state index contributed by atoms with van der Waals surface area (Å²) < 4.78 is 0.423. The molecule has 2 aromatic rings. The van der Waals surface area contributed by atoms with Crippen molar-refractivity contribution in [1.29, 1.82) is 0 Å². The lowest BCUT2D eigenvalue weighted by Gasteiger charge is -2.14. The molecule has 2 aromatic carbocycles. The second-order valence-corrected chi connectivity index (χ2v) is 8.50. The van der Waals surface area contributed by atoms with E-state index in [9.17, 15) is 9.59 Å². The van der Waals surface area contributed by atoms with Crippen molar-refractivity contribution in [2.45, 2.75) is 26.7 Å². The summed E-state index contributed by atoms with van der Waals surface area (Å²) in [7, 11) is 0. The number of amides is 1. The van der Waals surface area contributed by atoms with E-state index >= 15 is 0 Å². The fraction of sp³-hybridized carbons (Fsp3) is 0.227. The van der Waals surface area contributed by atoms with Gasteiger partial charge in [-0.05, 0) is 35.6 Å². The zero-order valence-corrected chi connectivity index (χ0v) is 17.2. The second kappa shape index (κ2) is 8.19. The van der Waals surface area contributed by atoms with Crippen molar-refractivity contribution in [2.75, 3.05) is 6.54 Å². The van der Waals surface area contributed by atoms with Gasteiger partial charge < -0.3 is 0 Å². The number of Topliss-reactive ketones (excluding diaryl/α,β-unsaturated/α-hetero) is 1. The molecule has 1 fully saturated rings. The molecule has 1 aliphatic heterocycles. The van der Waals surface area contributed by atoms with E-state index in [0.717, 1.165) is 11.1 Å². The zero-order chi connectivity index (χ0) is 19.6. The van der Waals surface area contributed by atoms with Gasteiger partial charge in [-0.1, -0.05) is 86.4 Å². The van der Waals surface area contributed by atoms with Crippen LogP contribution in [0.5, 0.6) is 0 Å². The molecule has 3 rings (SSSR count). The van der Waals surface area contributed by atoms with E-state index in [1.54, 1.807) is 6.07 Å². The lowest BCUT2D eigenvalue weighted by atomic mass is 10.0. The van der Waals surface area contributed by atoms with E-state index < -0.39 is 0 Å². The summed E-state index contributed by atoms with van der Waals surface area (Å²) in [6.07, 6.45) is 1.83. The summed E-state index contributed by atoms with van der Waals surface area (Å²) in [5.74, 6) is 0.150. The molecule has 5 heteroatoms. The van der Waals surface area contributed by atoms with Gasteiger partial charge in [0.25, 0.3) is 5.91 Å². The van der Waals surface area contributed by atoms with Crippen LogP contribution in [0, 0.1) is 6.92 Å². The Morgan fingerprint density at radius 1 is 1.15 bits per heavy atom. The molecule has 27 heavy (non-hydrogen) atoms. The van der Waals surface area contributed by atoms with Gasteiger partial charge in [-0.2, -0.15) is 0 Å². The number of nitrogens with zero attached hydrogens (tertiary/aromatic N) is 1. The van der Waals surface area contributed by atoms with Crippen LogP contribution in [0.1, 0.15) is 46.8 Å². The Labute approximate surface area is 169 Å². The molecule has 0 spiro atoms. The molecular weight excluding hydrogens is 374 g/mol. The first kappa shape index (κ1) is 19.5. The van der Waals surface area contributed by atoms with Crippen LogP contribution in [0.15, 0.2) is 53.4 Å². The number of benzene rings is 2. The molecule has 0 N–H and O–H groups in total. The first-order valence-corrected chi connectivity index (χ1v) is 10.0. The Hall–Kier alpha value is -2.24. The Bertz CT molecular complexity index is 930. The molecule has 0 unspecified atom stereocenters. The smallest absolute Gasteiger partial charge is 0.266 e. The maximum atomic E-state index is 12.7. The number of thioether (sulfide) groups is 1. The number of aryl methyl sites for hydroxylation is 1. The monoisotopic (exact) mass is 395 g/mol. The second-order valence-electron chi connectivity index (χ2n) is 6.83. The van der Waals surface area contributed by atoms with Crippen molar-refractivity contribution in [3.63, 3.8) is 0 Å². The molecule has 1 saturated heterocycles. The van der Waals surface area contributed by atoms with Gasteiger partial charge in [0.1, 0.15) is 4.32 Å². The fourth-order valence-corrected chi connectivity index (χ4v) is 4.13. The van der Waals surface area contributed by atoms with Gasteiger partial charge in [0.05, 0.1) is 11.4 Å². The van der Waals surface area contributed by atoms with Gasteiger partial charge in [-0.25, -0.2) is 0 Å². The van der Waals surface area contributed by atoms with Crippen LogP contribution < -0.4 is 0 Å². The molecule has 1 aliphatic rings. The minimum Gasteiger partial charge on any atom is -0.292 e. The highest BCUT2D eigenvalue weighted by atomic mass is 32.2. The molecule has 3 nitrogen and oxygen atoms in total. The lowest BCUT2D eigenvalue weighted by Crippen LogP contribution is -2.33. The van der Waals surface area contributed by atoms with E-state index in [1.165, 1.54) is 22.2 Å². The average Bonchev–Trinajstić information content (AvgIpc) is 2.90. The standard InChI is InChI=1S/C22H21NO2S2/c1-14(2)17-10-8-16(9-11-17)12-20-21(25)23(22(26)27-20)13-19(24)18-7-5-4-6-15(18)3/h4-12,14H,13H2,1-3H3. The zero-order valence-electron chi connectivity index (χ0n) is 15.6. The molecule has 138 valence electrons. The predicted molar refractivity (Wildman–Crippen MR) is 116 cm³/mol. The van der Waals surface area contributed by atoms with Crippen molar-refractivity contribution in [3.05, 3.63) is 75.7 Å². The quantitative estimate of drug-likeness (QED) is 0.396. The highest BCUT2D eigenvalue weighted by Crippen LogP contribution is 2.33. The molecule has 0 radical (unpaired) electrons. The van der Waals surface area contributed by atoms with Crippen molar-refractivity contribution in [3.8, 4) is 0 Å². The summed E-state index contributed by atoms with van der Waals surface area (Å²) in [5.41, 5.74) is 3.72. The number of hydrogen-bond donors (Lipinski definition) is 0. The Morgan fingerprint density at radius 3 is 2.44 bits per heavy atom. The molecule has 0 saturated carbocycles. The van der Waals surface area contributed by atoms with Gasteiger partial charge in [0.15, 0.2) is 5.78 Å². The van der Waals surface area contributed by atoms with Crippen molar-refractivity contribution in [2.24, 2.45) is 0 Å². The highest BCUT2D eigenvalue weighted by Gasteiger charge is 2.33. The van der Waals surface area contributed by atoms with Crippen LogP contribution >= 0.6 is 24.0 Å². The summed E-state index contributed by atoms with van der Waals surface area (Å²) in [6, 6.07) is 15.5. The Kier molecular flexibility index (Phi) is 5.92. The van der Waals surface area contributed by atoms with Crippen molar-refractivity contribution < 1.29 is 9.59 Å². The normalized spacial score (nSPS) is 15.9. The third-order valence-electron chi connectivity index (χ3n) is 4.52. The third-order valence-corrected chi connectivity index (χ3v) is 5.90. The maximum Gasteiger partial charge on any atom is 0.266 e. The van der Waals surface area contributed by atoms with Gasteiger partial charge in [-0.15, -0.1) is 0 Å². The van der Waals surface area contributed by atoms with Crippen LogP contribution in [0.4, 0.5) is 0 Å². The molecule has 0 atom stereocenters. The largest absolute Gasteiger partial charge is 0.292 e. The Morgan fingerprint density at radius 2 is 1.81 bits per heavy atom.